The molecule has 0 atom stereocenters. The van der Waals surface area contributed by atoms with E-state index in [0.29, 0.717) is 5.69 Å². The average molecular weight is 351 g/mol. The molecule has 0 radical (unpaired) electrons. The van der Waals surface area contributed by atoms with Gasteiger partial charge in [0.25, 0.3) is 5.56 Å². The Hall–Kier alpha value is -3.28. The Morgan fingerprint density at radius 3 is 2.46 bits per heavy atom. The number of benzene rings is 2. The lowest BCUT2D eigenvalue weighted by atomic mass is 10.1. The van der Waals surface area contributed by atoms with E-state index in [1.54, 1.807) is 16.8 Å². The molecule has 6 heteroatoms. The second-order valence-electron chi connectivity index (χ2n) is 5.98. The van der Waals surface area contributed by atoms with Crippen molar-refractivity contribution < 1.29 is 8.78 Å². The van der Waals surface area contributed by atoms with Crippen molar-refractivity contribution in [2.24, 2.45) is 0 Å². The zero-order chi connectivity index (χ0) is 18.3. The topological polar surface area (TPSA) is 39.3 Å². The van der Waals surface area contributed by atoms with E-state index in [2.05, 4.69) is 11.9 Å². The highest BCUT2D eigenvalue weighted by molar-refractivity contribution is 5.62. The van der Waals surface area contributed by atoms with Gasteiger partial charge in [-0.2, -0.15) is 0 Å². The summed E-state index contributed by atoms with van der Waals surface area (Å²) in [6.07, 6.45) is 5.89. The molecule has 0 fully saturated rings. The van der Waals surface area contributed by atoms with Crippen molar-refractivity contribution in [1.82, 2.24) is 14.0 Å². The van der Waals surface area contributed by atoms with Gasteiger partial charge in [0.2, 0.25) is 5.65 Å². The molecule has 0 spiro atoms. The van der Waals surface area contributed by atoms with Crippen molar-refractivity contribution in [1.29, 1.82) is 0 Å². The van der Waals surface area contributed by atoms with Crippen molar-refractivity contribution in [3.63, 3.8) is 0 Å². The summed E-state index contributed by atoms with van der Waals surface area (Å²) in [5.41, 5.74) is 2.85. The Morgan fingerprint density at radius 1 is 1.00 bits per heavy atom. The summed E-state index contributed by atoms with van der Waals surface area (Å²) in [4.78, 5) is 17.2. The van der Waals surface area contributed by atoms with E-state index in [4.69, 9.17) is 0 Å². The van der Waals surface area contributed by atoms with Crippen LogP contribution in [0.25, 0.3) is 22.6 Å². The van der Waals surface area contributed by atoms with E-state index in [9.17, 15) is 13.6 Å². The molecule has 130 valence electrons. The average Bonchev–Trinajstić information content (AvgIpc) is 3.10. The zero-order valence-electron chi connectivity index (χ0n) is 14.0. The number of aryl methyl sites for hydroxylation is 1. The SMILES string of the molecule is CCc1ccc(-c2cn3ccn(-c4ccc(F)c(F)c4)c(=O)c3n2)cc1. The van der Waals surface area contributed by atoms with Crippen molar-refractivity contribution >= 4 is 5.65 Å². The van der Waals surface area contributed by atoms with E-state index in [1.165, 1.54) is 22.4 Å². The summed E-state index contributed by atoms with van der Waals surface area (Å²) in [6.45, 7) is 2.08. The molecule has 4 aromatic rings. The highest BCUT2D eigenvalue weighted by Crippen LogP contribution is 2.19. The molecular weight excluding hydrogens is 336 g/mol. The van der Waals surface area contributed by atoms with Gasteiger partial charge in [-0.25, -0.2) is 13.8 Å². The van der Waals surface area contributed by atoms with Crippen molar-refractivity contribution in [2.45, 2.75) is 13.3 Å². The van der Waals surface area contributed by atoms with Crippen LogP contribution in [0.2, 0.25) is 0 Å². The predicted molar refractivity (Wildman–Crippen MR) is 95.5 cm³/mol. The van der Waals surface area contributed by atoms with Crippen LogP contribution in [-0.4, -0.2) is 14.0 Å². The van der Waals surface area contributed by atoms with Gasteiger partial charge in [-0.3, -0.25) is 9.36 Å². The molecule has 0 aliphatic carbocycles. The molecular formula is C20H15F2N3O. The van der Waals surface area contributed by atoms with Crippen LogP contribution >= 0.6 is 0 Å². The second kappa shape index (κ2) is 6.22. The van der Waals surface area contributed by atoms with Crippen LogP contribution < -0.4 is 5.56 Å². The molecule has 26 heavy (non-hydrogen) atoms. The van der Waals surface area contributed by atoms with E-state index in [1.807, 2.05) is 24.3 Å². The fraction of sp³-hybridized carbons (Fsp3) is 0.100. The fourth-order valence-electron chi connectivity index (χ4n) is 2.87. The minimum Gasteiger partial charge on any atom is -0.300 e. The lowest BCUT2D eigenvalue weighted by Crippen LogP contribution is -2.20. The van der Waals surface area contributed by atoms with E-state index in [0.717, 1.165) is 24.1 Å². The van der Waals surface area contributed by atoms with Crippen LogP contribution in [0.3, 0.4) is 0 Å². The standard InChI is InChI=1S/C20H15F2N3O/c1-2-13-3-5-14(6-4-13)18-12-24-9-10-25(20(26)19(24)23-18)15-7-8-16(21)17(22)11-15/h3-12H,2H2,1H3. The Balaban J connectivity index is 1.82. The molecule has 0 unspecified atom stereocenters. The number of hydrogen-bond donors (Lipinski definition) is 0. The third-order valence-electron chi connectivity index (χ3n) is 4.36. The molecule has 0 aliphatic heterocycles. The van der Waals surface area contributed by atoms with Gasteiger partial charge in [-0.15, -0.1) is 0 Å². The summed E-state index contributed by atoms with van der Waals surface area (Å²) in [7, 11) is 0. The van der Waals surface area contributed by atoms with E-state index < -0.39 is 17.2 Å². The lowest BCUT2D eigenvalue weighted by Gasteiger charge is -2.06. The molecule has 0 N–H and O–H groups in total. The largest absolute Gasteiger partial charge is 0.300 e. The minimum absolute atomic E-state index is 0.215. The molecule has 2 aromatic carbocycles. The number of halogens is 2. The summed E-state index contributed by atoms with van der Waals surface area (Å²) in [5, 5.41) is 0. The van der Waals surface area contributed by atoms with Crippen LogP contribution in [0.15, 0.2) is 65.8 Å². The van der Waals surface area contributed by atoms with Gasteiger partial charge in [0.05, 0.1) is 11.4 Å². The van der Waals surface area contributed by atoms with Gasteiger partial charge >= 0.3 is 0 Å². The quantitative estimate of drug-likeness (QED) is 0.560. The minimum atomic E-state index is -1.01. The number of hydrogen-bond acceptors (Lipinski definition) is 2. The third kappa shape index (κ3) is 2.69. The van der Waals surface area contributed by atoms with Crippen LogP contribution in [0.1, 0.15) is 12.5 Å². The first-order chi connectivity index (χ1) is 12.6. The van der Waals surface area contributed by atoms with Gasteiger partial charge in [-0.05, 0) is 24.1 Å². The molecule has 0 amide bonds. The van der Waals surface area contributed by atoms with Gasteiger partial charge in [-0.1, -0.05) is 31.2 Å². The van der Waals surface area contributed by atoms with Gasteiger partial charge in [0, 0.05) is 30.2 Å². The predicted octanol–water partition coefficient (Wildman–Crippen LogP) is 3.99. The molecule has 0 aliphatic rings. The van der Waals surface area contributed by atoms with Crippen LogP contribution in [-0.2, 0) is 6.42 Å². The summed E-state index contributed by atoms with van der Waals surface area (Å²) in [6, 6.07) is 11.3. The normalized spacial score (nSPS) is 11.2. The summed E-state index contributed by atoms with van der Waals surface area (Å²) < 4.78 is 29.5. The van der Waals surface area contributed by atoms with Crippen molar-refractivity contribution in [3.8, 4) is 16.9 Å². The first-order valence-electron chi connectivity index (χ1n) is 8.22. The van der Waals surface area contributed by atoms with Crippen LogP contribution in [0, 0.1) is 11.6 Å². The van der Waals surface area contributed by atoms with E-state index >= 15 is 0 Å². The first kappa shape index (κ1) is 16.2. The highest BCUT2D eigenvalue weighted by atomic mass is 19.2. The van der Waals surface area contributed by atoms with Crippen LogP contribution in [0.5, 0.6) is 0 Å². The maximum atomic E-state index is 13.5. The smallest absolute Gasteiger partial charge is 0.298 e. The molecule has 0 bridgehead atoms. The summed E-state index contributed by atoms with van der Waals surface area (Å²) in [5.74, 6) is -1.96. The first-order valence-corrected chi connectivity index (χ1v) is 8.22. The molecule has 2 aromatic heterocycles. The van der Waals surface area contributed by atoms with Crippen LogP contribution in [0.4, 0.5) is 8.78 Å². The Bertz CT molecular complexity index is 1160. The molecule has 4 nitrogen and oxygen atoms in total. The molecule has 0 saturated heterocycles. The van der Waals surface area contributed by atoms with Gasteiger partial charge in [0.1, 0.15) is 0 Å². The van der Waals surface area contributed by atoms with Crippen molar-refractivity contribution in [3.05, 3.63) is 88.6 Å². The monoisotopic (exact) mass is 351 g/mol. The lowest BCUT2D eigenvalue weighted by molar-refractivity contribution is 0.508. The highest BCUT2D eigenvalue weighted by Gasteiger charge is 2.11. The van der Waals surface area contributed by atoms with Crippen molar-refractivity contribution in [2.75, 3.05) is 0 Å². The third-order valence-corrected chi connectivity index (χ3v) is 4.36. The second-order valence-corrected chi connectivity index (χ2v) is 5.98. The number of fused-ring (bicyclic) bond motifs is 1. The maximum Gasteiger partial charge on any atom is 0.298 e. The number of nitrogens with zero attached hydrogens (tertiary/aromatic N) is 3. The molecule has 0 saturated carbocycles. The number of imidazole rings is 1. The number of aromatic nitrogens is 3. The zero-order valence-corrected chi connectivity index (χ0v) is 14.0. The molecule has 2 heterocycles. The maximum absolute atomic E-state index is 13.5. The number of rotatable bonds is 3. The Labute approximate surface area is 148 Å². The Kier molecular flexibility index (Phi) is 3.88. The van der Waals surface area contributed by atoms with E-state index in [-0.39, 0.29) is 11.3 Å². The van der Waals surface area contributed by atoms with Gasteiger partial charge in [0.15, 0.2) is 11.6 Å². The summed E-state index contributed by atoms with van der Waals surface area (Å²) >= 11 is 0. The van der Waals surface area contributed by atoms with Gasteiger partial charge < -0.3 is 4.40 Å². The molecule has 4 rings (SSSR count). The fourth-order valence-corrected chi connectivity index (χ4v) is 2.87. The Morgan fingerprint density at radius 2 is 1.77 bits per heavy atom.